The molecule has 0 aromatic heterocycles. The number of esters is 1. The second-order valence-corrected chi connectivity index (χ2v) is 4.11. The molecule has 16 heavy (non-hydrogen) atoms. The van der Waals surface area contributed by atoms with Gasteiger partial charge in [0.1, 0.15) is 0 Å². The molecule has 0 N–H and O–H groups in total. The van der Waals surface area contributed by atoms with Crippen LogP contribution in [0, 0.1) is 0 Å². The van der Waals surface area contributed by atoms with E-state index in [0.29, 0.717) is 12.5 Å². The summed E-state index contributed by atoms with van der Waals surface area (Å²) in [6, 6.07) is 0.323. The summed E-state index contributed by atoms with van der Waals surface area (Å²) in [5.41, 5.74) is 0. The van der Waals surface area contributed by atoms with Gasteiger partial charge in [0, 0.05) is 44.4 Å². The van der Waals surface area contributed by atoms with E-state index in [1.54, 1.807) is 6.20 Å². The number of hydrogen-bond acceptors (Lipinski definition) is 4. The highest BCUT2D eigenvalue weighted by atomic mass is 16.5. The van der Waals surface area contributed by atoms with Crippen molar-refractivity contribution in [2.45, 2.75) is 18.9 Å². The number of nitrogens with zero attached hydrogens (tertiary/aromatic N) is 2. The van der Waals surface area contributed by atoms with E-state index in [1.165, 1.54) is 13.2 Å². The summed E-state index contributed by atoms with van der Waals surface area (Å²) in [4.78, 5) is 26.4. The molecule has 0 spiro atoms. The van der Waals surface area contributed by atoms with Crippen molar-refractivity contribution >= 4 is 11.9 Å². The van der Waals surface area contributed by atoms with Crippen molar-refractivity contribution in [1.82, 2.24) is 9.80 Å². The molecule has 2 saturated heterocycles. The highest BCUT2D eigenvalue weighted by molar-refractivity contribution is 5.81. The molecule has 0 aromatic carbocycles. The van der Waals surface area contributed by atoms with Crippen molar-refractivity contribution in [3.63, 3.8) is 0 Å². The number of amides is 1. The van der Waals surface area contributed by atoms with Gasteiger partial charge in [-0.3, -0.25) is 4.79 Å². The molecule has 88 valence electrons. The van der Waals surface area contributed by atoms with Crippen molar-refractivity contribution < 1.29 is 14.3 Å². The number of ether oxygens (including phenoxy) is 1. The van der Waals surface area contributed by atoms with Gasteiger partial charge in [-0.05, 0) is 6.42 Å². The standard InChI is InChI=1S/C11H16N2O3/c1-16-11(15)4-5-12-6-7-13-9(8-12)2-3-10(13)14/h4-5,9H,2-3,6-8H2,1H3/b5-4+. The van der Waals surface area contributed by atoms with Crippen LogP contribution in [0.15, 0.2) is 12.3 Å². The highest BCUT2D eigenvalue weighted by Crippen LogP contribution is 2.22. The Balaban J connectivity index is 1.89. The maximum Gasteiger partial charge on any atom is 0.331 e. The van der Waals surface area contributed by atoms with E-state index >= 15 is 0 Å². The Morgan fingerprint density at radius 3 is 3.06 bits per heavy atom. The van der Waals surface area contributed by atoms with Gasteiger partial charge in [-0.15, -0.1) is 0 Å². The van der Waals surface area contributed by atoms with Gasteiger partial charge < -0.3 is 14.5 Å². The molecule has 2 rings (SSSR count). The minimum Gasteiger partial charge on any atom is -0.466 e. The predicted molar refractivity (Wildman–Crippen MR) is 57.5 cm³/mol. The van der Waals surface area contributed by atoms with E-state index in [0.717, 1.165) is 26.1 Å². The molecule has 0 bridgehead atoms. The molecule has 5 nitrogen and oxygen atoms in total. The highest BCUT2D eigenvalue weighted by Gasteiger charge is 2.34. The number of rotatable bonds is 2. The minimum absolute atomic E-state index is 0.265. The summed E-state index contributed by atoms with van der Waals surface area (Å²) < 4.78 is 4.53. The van der Waals surface area contributed by atoms with Gasteiger partial charge in [-0.25, -0.2) is 4.79 Å². The van der Waals surface area contributed by atoms with Crippen LogP contribution in [0.25, 0.3) is 0 Å². The Hall–Kier alpha value is -1.52. The van der Waals surface area contributed by atoms with E-state index in [1.807, 2.05) is 4.90 Å². The van der Waals surface area contributed by atoms with E-state index in [-0.39, 0.29) is 11.9 Å². The molecule has 5 heteroatoms. The van der Waals surface area contributed by atoms with Gasteiger partial charge >= 0.3 is 5.97 Å². The lowest BCUT2D eigenvalue weighted by molar-refractivity contribution is -0.135. The van der Waals surface area contributed by atoms with Crippen LogP contribution in [-0.2, 0) is 14.3 Å². The van der Waals surface area contributed by atoms with Crippen molar-refractivity contribution in [2.24, 2.45) is 0 Å². The first-order chi connectivity index (χ1) is 7.70. The average molecular weight is 224 g/mol. The zero-order valence-electron chi connectivity index (χ0n) is 9.39. The first-order valence-electron chi connectivity index (χ1n) is 5.50. The fourth-order valence-electron chi connectivity index (χ4n) is 2.26. The van der Waals surface area contributed by atoms with Crippen molar-refractivity contribution in [1.29, 1.82) is 0 Å². The number of methoxy groups -OCH3 is 1. The molecule has 0 aliphatic carbocycles. The maximum absolute atomic E-state index is 11.4. The van der Waals surface area contributed by atoms with Crippen LogP contribution in [0.3, 0.4) is 0 Å². The Morgan fingerprint density at radius 1 is 1.50 bits per heavy atom. The minimum atomic E-state index is -0.343. The van der Waals surface area contributed by atoms with Crippen LogP contribution in [0.2, 0.25) is 0 Å². The number of piperazine rings is 1. The third-order valence-corrected chi connectivity index (χ3v) is 3.15. The molecule has 2 aliphatic heterocycles. The summed E-state index contributed by atoms with van der Waals surface area (Å²) in [6.45, 7) is 2.37. The summed E-state index contributed by atoms with van der Waals surface area (Å²) in [6.07, 6.45) is 4.78. The summed E-state index contributed by atoms with van der Waals surface area (Å²) in [5, 5.41) is 0. The molecule has 2 aliphatic rings. The molecular weight excluding hydrogens is 208 g/mol. The quantitative estimate of drug-likeness (QED) is 0.488. The Morgan fingerprint density at radius 2 is 2.31 bits per heavy atom. The number of carbonyl (C=O) groups excluding carboxylic acids is 2. The largest absolute Gasteiger partial charge is 0.466 e. The average Bonchev–Trinajstić information content (AvgIpc) is 2.67. The second kappa shape index (κ2) is 4.55. The second-order valence-electron chi connectivity index (χ2n) is 4.11. The lowest BCUT2D eigenvalue weighted by Crippen LogP contribution is -2.49. The van der Waals surface area contributed by atoms with Crippen molar-refractivity contribution in [3.05, 3.63) is 12.3 Å². The van der Waals surface area contributed by atoms with Gasteiger partial charge in [0.2, 0.25) is 5.91 Å². The topological polar surface area (TPSA) is 49.9 Å². The van der Waals surface area contributed by atoms with Crippen LogP contribution in [0.4, 0.5) is 0 Å². The molecule has 0 radical (unpaired) electrons. The first kappa shape index (κ1) is 11.0. The van der Waals surface area contributed by atoms with E-state index in [2.05, 4.69) is 9.64 Å². The molecule has 2 fully saturated rings. The van der Waals surface area contributed by atoms with Crippen molar-refractivity contribution in [3.8, 4) is 0 Å². The monoisotopic (exact) mass is 224 g/mol. The molecule has 2 heterocycles. The summed E-state index contributed by atoms with van der Waals surface area (Å²) in [5.74, 6) is -0.0773. The van der Waals surface area contributed by atoms with Crippen LogP contribution in [-0.4, -0.2) is 54.5 Å². The van der Waals surface area contributed by atoms with Gasteiger partial charge in [0.15, 0.2) is 0 Å². The lowest BCUT2D eigenvalue weighted by atomic mass is 10.2. The summed E-state index contributed by atoms with van der Waals surface area (Å²) >= 11 is 0. The zero-order chi connectivity index (χ0) is 11.5. The van der Waals surface area contributed by atoms with E-state index in [4.69, 9.17) is 0 Å². The van der Waals surface area contributed by atoms with E-state index in [9.17, 15) is 9.59 Å². The third-order valence-electron chi connectivity index (χ3n) is 3.15. The first-order valence-corrected chi connectivity index (χ1v) is 5.50. The fraction of sp³-hybridized carbons (Fsp3) is 0.636. The molecule has 0 saturated carbocycles. The Labute approximate surface area is 94.6 Å². The number of carbonyl (C=O) groups is 2. The fourth-order valence-corrected chi connectivity index (χ4v) is 2.26. The SMILES string of the molecule is COC(=O)/C=C/N1CCN2C(=O)CCC2C1. The zero-order valence-corrected chi connectivity index (χ0v) is 9.39. The van der Waals surface area contributed by atoms with Gasteiger partial charge in [0.25, 0.3) is 0 Å². The van der Waals surface area contributed by atoms with Crippen LogP contribution in [0.1, 0.15) is 12.8 Å². The molecule has 1 unspecified atom stereocenters. The lowest BCUT2D eigenvalue weighted by Gasteiger charge is -2.36. The maximum atomic E-state index is 11.4. The van der Waals surface area contributed by atoms with Crippen molar-refractivity contribution in [2.75, 3.05) is 26.7 Å². The van der Waals surface area contributed by atoms with Crippen LogP contribution >= 0.6 is 0 Å². The van der Waals surface area contributed by atoms with Gasteiger partial charge in [-0.1, -0.05) is 0 Å². The molecular formula is C11H16N2O3. The smallest absolute Gasteiger partial charge is 0.331 e. The normalized spacial score (nSPS) is 25.1. The van der Waals surface area contributed by atoms with Crippen LogP contribution in [0.5, 0.6) is 0 Å². The van der Waals surface area contributed by atoms with Gasteiger partial charge in [-0.2, -0.15) is 0 Å². The number of hydrogen-bond donors (Lipinski definition) is 0. The number of fused-ring (bicyclic) bond motifs is 1. The summed E-state index contributed by atoms with van der Waals surface area (Å²) in [7, 11) is 1.36. The van der Waals surface area contributed by atoms with E-state index < -0.39 is 0 Å². The molecule has 1 atom stereocenters. The molecule has 1 amide bonds. The molecule has 0 aromatic rings. The predicted octanol–water partition coefficient (Wildman–Crippen LogP) is -0.0203. The Bertz CT molecular complexity index is 327. The Kier molecular flexibility index (Phi) is 3.12. The van der Waals surface area contributed by atoms with Gasteiger partial charge in [0.05, 0.1) is 7.11 Å². The third kappa shape index (κ3) is 2.18. The van der Waals surface area contributed by atoms with Crippen LogP contribution < -0.4 is 0 Å².